The number of carbonyl (C=O) groups is 1. The molecule has 3 rings (SSSR count). The number of nitrogens with zero attached hydrogens (tertiary/aromatic N) is 3. The van der Waals surface area contributed by atoms with Crippen LogP contribution in [0.5, 0.6) is 0 Å². The van der Waals surface area contributed by atoms with Crippen molar-refractivity contribution in [3.05, 3.63) is 51.8 Å². The molecule has 0 aliphatic carbocycles. The van der Waals surface area contributed by atoms with E-state index in [9.17, 15) is 4.79 Å². The molecule has 1 aromatic carbocycles. The van der Waals surface area contributed by atoms with Crippen LogP contribution in [0.2, 0.25) is 5.02 Å². The quantitative estimate of drug-likeness (QED) is 0.879. The van der Waals surface area contributed by atoms with Gasteiger partial charge in [-0.05, 0) is 25.1 Å². The Labute approximate surface area is 127 Å². The maximum atomic E-state index is 12.7. The van der Waals surface area contributed by atoms with Crippen LogP contribution >= 0.6 is 11.6 Å². The first-order valence-corrected chi connectivity index (χ1v) is 6.99. The second-order valence-corrected chi connectivity index (χ2v) is 5.57. The SMILES string of the molecule is C[C@@H]1Cc2[nH]ncc2CN1C(=O)c1ccc(Cl)c(C#N)c1. The van der Waals surface area contributed by atoms with Crippen molar-refractivity contribution in [2.45, 2.75) is 25.9 Å². The molecule has 0 fully saturated rings. The first-order valence-electron chi connectivity index (χ1n) is 6.62. The molecule has 1 aromatic heterocycles. The number of aromatic amines is 1. The Kier molecular flexibility index (Phi) is 3.40. The molecular weight excluding hydrogens is 288 g/mol. The van der Waals surface area contributed by atoms with Gasteiger partial charge in [0.1, 0.15) is 6.07 Å². The van der Waals surface area contributed by atoms with E-state index >= 15 is 0 Å². The third-order valence-corrected chi connectivity index (χ3v) is 4.10. The molecule has 0 spiro atoms. The number of fused-ring (bicyclic) bond motifs is 1. The van der Waals surface area contributed by atoms with Crippen LogP contribution in [-0.4, -0.2) is 27.0 Å². The fraction of sp³-hybridized carbons (Fsp3) is 0.267. The molecular formula is C15H13ClN4O. The Morgan fingerprint density at radius 3 is 3.14 bits per heavy atom. The van der Waals surface area contributed by atoms with Crippen LogP contribution in [0.3, 0.4) is 0 Å². The highest BCUT2D eigenvalue weighted by Crippen LogP contribution is 2.24. The number of nitrogens with one attached hydrogen (secondary N) is 1. The lowest BCUT2D eigenvalue weighted by atomic mass is 10.00. The fourth-order valence-electron chi connectivity index (χ4n) is 2.58. The summed E-state index contributed by atoms with van der Waals surface area (Å²) in [4.78, 5) is 14.5. The third kappa shape index (κ3) is 2.39. The summed E-state index contributed by atoms with van der Waals surface area (Å²) in [5, 5.41) is 16.4. The maximum absolute atomic E-state index is 12.7. The molecule has 1 aliphatic heterocycles. The zero-order valence-electron chi connectivity index (χ0n) is 11.4. The number of carbonyl (C=O) groups excluding carboxylic acids is 1. The smallest absolute Gasteiger partial charge is 0.254 e. The highest BCUT2D eigenvalue weighted by atomic mass is 35.5. The van der Waals surface area contributed by atoms with Crippen LogP contribution in [-0.2, 0) is 13.0 Å². The average Bonchev–Trinajstić information content (AvgIpc) is 2.93. The van der Waals surface area contributed by atoms with E-state index in [1.54, 1.807) is 29.3 Å². The number of hydrogen-bond donors (Lipinski definition) is 1. The fourth-order valence-corrected chi connectivity index (χ4v) is 2.74. The topological polar surface area (TPSA) is 72.8 Å². The van der Waals surface area contributed by atoms with Crippen molar-refractivity contribution in [1.82, 2.24) is 15.1 Å². The number of amides is 1. The van der Waals surface area contributed by atoms with Gasteiger partial charge in [0.25, 0.3) is 5.91 Å². The van der Waals surface area contributed by atoms with Gasteiger partial charge in [0.05, 0.1) is 16.8 Å². The van der Waals surface area contributed by atoms with Gasteiger partial charge in [-0.2, -0.15) is 10.4 Å². The lowest BCUT2D eigenvalue weighted by Gasteiger charge is -2.33. The summed E-state index contributed by atoms with van der Waals surface area (Å²) in [5.74, 6) is -0.0949. The number of benzene rings is 1. The molecule has 0 bridgehead atoms. The monoisotopic (exact) mass is 300 g/mol. The average molecular weight is 301 g/mol. The minimum absolute atomic E-state index is 0.0756. The van der Waals surface area contributed by atoms with Crippen LogP contribution in [0.15, 0.2) is 24.4 Å². The Balaban J connectivity index is 1.91. The third-order valence-electron chi connectivity index (χ3n) is 3.77. The first-order chi connectivity index (χ1) is 10.1. The molecule has 2 aromatic rings. The lowest BCUT2D eigenvalue weighted by Crippen LogP contribution is -2.42. The van der Waals surface area contributed by atoms with E-state index in [2.05, 4.69) is 10.2 Å². The highest BCUT2D eigenvalue weighted by Gasteiger charge is 2.28. The number of halogens is 1. The molecule has 1 aliphatic rings. The molecule has 0 saturated heterocycles. The number of nitriles is 1. The molecule has 1 atom stereocenters. The predicted molar refractivity (Wildman–Crippen MR) is 77.8 cm³/mol. The van der Waals surface area contributed by atoms with Gasteiger partial charge in [-0.15, -0.1) is 0 Å². The van der Waals surface area contributed by atoms with Crippen molar-refractivity contribution in [2.75, 3.05) is 0 Å². The van der Waals surface area contributed by atoms with Gasteiger partial charge in [-0.3, -0.25) is 9.89 Å². The van der Waals surface area contributed by atoms with Crippen LogP contribution < -0.4 is 0 Å². The Morgan fingerprint density at radius 1 is 1.57 bits per heavy atom. The van der Waals surface area contributed by atoms with Gasteiger partial charge >= 0.3 is 0 Å². The summed E-state index contributed by atoms with van der Waals surface area (Å²) in [6, 6.07) is 6.86. The van der Waals surface area contributed by atoms with Crippen molar-refractivity contribution in [1.29, 1.82) is 5.26 Å². The minimum atomic E-state index is -0.0949. The van der Waals surface area contributed by atoms with Crippen LogP contribution in [0.1, 0.15) is 34.1 Å². The van der Waals surface area contributed by atoms with Crippen LogP contribution in [0.4, 0.5) is 0 Å². The Bertz CT molecular complexity index is 746. The first kappa shape index (κ1) is 13.7. The second kappa shape index (κ2) is 5.23. The molecule has 106 valence electrons. The molecule has 2 heterocycles. The molecule has 0 unspecified atom stereocenters. The van der Waals surface area contributed by atoms with Crippen LogP contribution in [0, 0.1) is 11.3 Å². The lowest BCUT2D eigenvalue weighted by molar-refractivity contribution is 0.0657. The molecule has 0 radical (unpaired) electrons. The number of rotatable bonds is 1. The second-order valence-electron chi connectivity index (χ2n) is 5.17. The summed E-state index contributed by atoms with van der Waals surface area (Å²) < 4.78 is 0. The van der Waals surface area contributed by atoms with Crippen molar-refractivity contribution in [2.24, 2.45) is 0 Å². The summed E-state index contributed by atoms with van der Waals surface area (Å²) >= 11 is 5.91. The van der Waals surface area contributed by atoms with E-state index in [1.807, 2.05) is 13.0 Å². The van der Waals surface area contributed by atoms with Gasteiger partial charge < -0.3 is 4.90 Å². The minimum Gasteiger partial charge on any atom is -0.331 e. The highest BCUT2D eigenvalue weighted by molar-refractivity contribution is 6.31. The normalized spacial score (nSPS) is 17.2. The van der Waals surface area contributed by atoms with Gasteiger partial charge in [0.15, 0.2) is 0 Å². The predicted octanol–water partition coefficient (Wildman–Crippen LogP) is 2.52. The van der Waals surface area contributed by atoms with E-state index < -0.39 is 0 Å². The molecule has 0 saturated carbocycles. The largest absolute Gasteiger partial charge is 0.331 e. The van der Waals surface area contributed by atoms with Crippen molar-refractivity contribution < 1.29 is 4.79 Å². The summed E-state index contributed by atoms with van der Waals surface area (Å²) in [7, 11) is 0. The van der Waals surface area contributed by atoms with Gasteiger partial charge in [0, 0.05) is 35.8 Å². The van der Waals surface area contributed by atoms with E-state index in [1.165, 1.54) is 0 Å². The van der Waals surface area contributed by atoms with E-state index in [0.29, 0.717) is 22.7 Å². The number of hydrogen-bond acceptors (Lipinski definition) is 3. The maximum Gasteiger partial charge on any atom is 0.254 e. The van der Waals surface area contributed by atoms with E-state index in [0.717, 1.165) is 17.7 Å². The van der Waals surface area contributed by atoms with Crippen molar-refractivity contribution in [3.8, 4) is 6.07 Å². The number of H-pyrrole nitrogens is 1. The van der Waals surface area contributed by atoms with E-state index in [-0.39, 0.29) is 11.9 Å². The van der Waals surface area contributed by atoms with Crippen LogP contribution in [0.25, 0.3) is 0 Å². The summed E-state index contributed by atoms with van der Waals surface area (Å²) in [6.45, 7) is 2.53. The van der Waals surface area contributed by atoms with Crippen molar-refractivity contribution >= 4 is 17.5 Å². The number of aromatic nitrogens is 2. The summed E-state index contributed by atoms with van der Waals surface area (Å²) in [6.07, 6.45) is 2.50. The molecule has 5 nitrogen and oxygen atoms in total. The van der Waals surface area contributed by atoms with Crippen molar-refractivity contribution in [3.63, 3.8) is 0 Å². The Morgan fingerprint density at radius 2 is 2.38 bits per heavy atom. The van der Waals surface area contributed by atoms with Gasteiger partial charge in [0.2, 0.25) is 0 Å². The van der Waals surface area contributed by atoms with Gasteiger partial charge in [-0.1, -0.05) is 11.6 Å². The molecule has 21 heavy (non-hydrogen) atoms. The molecule has 1 N–H and O–H groups in total. The zero-order chi connectivity index (χ0) is 15.0. The molecule has 1 amide bonds. The van der Waals surface area contributed by atoms with E-state index in [4.69, 9.17) is 16.9 Å². The summed E-state index contributed by atoms with van der Waals surface area (Å²) in [5.41, 5.74) is 2.92. The van der Waals surface area contributed by atoms with Gasteiger partial charge in [-0.25, -0.2) is 0 Å². The molecule has 6 heteroatoms. The Hall–Kier alpha value is -2.32. The zero-order valence-corrected chi connectivity index (χ0v) is 12.2. The standard InChI is InChI=1S/C15H13ClN4O/c1-9-4-14-12(7-18-19-14)8-20(9)15(21)10-2-3-13(16)11(5-10)6-17/h2-3,5,7,9H,4,8H2,1H3,(H,18,19)/t9-/m1/s1.